The van der Waals surface area contributed by atoms with Gasteiger partial charge in [0.15, 0.2) is 0 Å². The molecule has 1 N–H and O–H groups in total. The third kappa shape index (κ3) is 4.10. The molecule has 0 unspecified atom stereocenters. The fraction of sp³-hybridized carbons (Fsp3) is 0.333. The van der Waals surface area contributed by atoms with E-state index in [0.29, 0.717) is 12.4 Å². The molecule has 0 fully saturated rings. The second kappa shape index (κ2) is 6.28. The molecule has 4 nitrogen and oxygen atoms in total. The summed E-state index contributed by atoms with van der Waals surface area (Å²) in [7, 11) is -3.51. The molecule has 0 heterocycles. The Morgan fingerprint density at radius 1 is 1.35 bits per heavy atom. The number of nitrogens with one attached hydrogen (secondary N) is 1. The van der Waals surface area contributed by atoms with Crippen LogP contribution in [0, 0.1) is 12.3 Å². The standard InChI is InChI=1S/C12H15NO3S/c1-3-9-13-17(14,15)12-7-5-11(6-8-12)16-10-4-2/h1,5-8,13H,4,9-10H2,2H3. The zero-order chi connectivity index (χ0) is 12.7. The van der Waals surface area contributed by atoms with E-state index < -0.39 is 10.0 Å². The van der Waals surface area contributed by atoms with Gasteiger partial charge in [0.05, 0.1) is 18.0 Å². The summed E-state index contributed by atoms with van der Waals surface area (Å²) in [5, 5.41) is 0. The molecule has 0 aromatic heterocycles. The van der Waals surface area contributed by atoms with Crippen LogP contribution in [0.4, 0.5) is 0 Å². The van der Waals surface area contributed by atoms with Crippen LogP contribution in [0.1, 0.15) is 13.3 Å². The number of benzene rings is 1. The fourth-order valence-electron chi connectivity index (χ4n) is 1.15. The van der Waals surface area contributed by atoms with Crippen molar-refractivity contribution in [3.05, 3.63) is 24.3 Å². The Kier molecular flexibility index (Phi) is 5.01. The molecule has 0 aliphatic carbocycles. The van der Waals surface area contributed by atoms with E-state index >= 15 is 0 Å². The molecular formula is C12H15NO3S. The van der Waals surface area contributed by atoms with E-state index in [2.05, 4.69) is 10.6 Å². The maximum Gasteiger partial charge on any atom is 0.241 e. The summed E-state index contributed by atoms with van der Waals surface area (Å²) in [5.41, 5.74) is 0. The molecular weight excluding hydrogens is 238 g/mol. The first-order valence-electron chi connectivity index (χ1n) is 5.26. The summed E-state index contributed by atoms with van der Waals surface area (Å²) in [6, 6.07) is 6.23. The lowest BCUT2D eigenvalue weighted by Crippen LogP contribution is -2.23. The summed E-state index contributed by atoms with van der Waals surface area (Å²) in [6.45, 7) is 2.60. The molecule has 0 saturated carbocycles. The van der Waals surface area contributed by atoms with Crippen LogP contribution >= 0.6 is 0 Å². The average molecular weight is 253 g/mol. The van der Waals surface area contributed by atoms with E-state index in [1.807, 2.05) is 6.92 Å². The largest absolute Gasteiger partial charge is 0.494 e. The highest BCUT2D eigenvalue weighted by molar-refractivity contribution is 7.89. The molecule has 1 aromatic rings. The molecule has 0 radical (unpaired) electrons. The first-order valence-corrected chi connectivity index (χ1v) is 6.74. The van der Waals surface area contributed by atoms with Crippen LogP contribution < -0.4 is 9.46 Å². The lowest BCUT2D eigenvalue weighted by Gasteiger charge is -2.06. The Bertz CT molecular complexity index is 485. The molecule has 17 heavy (non-hydrogen) atoms. The van der Waals surface area contributed by atoms with Crippen LogP contribution in [-0.2, 0) is 10.0 Å². The summed E-state index contributed by atoms with van der Waals surface area (Å²) < 4.78 is 31.0. The van der Waals surface area contributed by atoms with Crippen molar-refractivity contribution < 1.29 is 13.2 Å². The van der Waals surface area contributed by atoms with Crippen molar-refractivity contribution in [3.63, 3.8) is 0 Å². The predicted octanol–water partition coefficient (Wildman–Crippen LogP) is 1.39. The van der Waals surface area contributed by atoms with E-state index in [-0.39, 0.29) is 11.4 Å². The number of hydrogen-bond donors (Lipinski definition) is 1. The minimum Gasteiger partial charge on any atom is -0.494 e. The van der Waals surface area contributed by atoms with E-state index in [4.69, 9.17) is 11.2 Å². The van der Waals surface area contributed by atoms with Crippen LogP contribution in [0.3, 0.4) is 0 Å². The molecule has 0 atom stereocenters. The molecule has 0 aliphatic rings. The summed E-state index contributed by atoms with van der Waals surface area (Å²) in [5.74, 6) is 2.87. The first-order chi connectivity index (χ1) is 8.10. The molecule has 0 spiro atoms. The van der Waals surface area contributed by atoms with Crippen molar-refractivity contribution in [1.29, 1.82) is 0 Å². The summed E-state index contributed by atoms with van der Waals surface area (Å²) >= 11 is 0. The normalized spacial score (nSPS) is 10.8. The van der Waals surface area contributed by atoms with Crippen LogP contribution in [0.15, 0.2) is 29.2 Å². The van der Waals surface area contributed by atoms with Crippen LogP contribution in [-0.4, -0.2) is 21.6 Å². The van der Waals surface area contributed by atoms with Crippen molar-refractivity contribution in [1.82, 2.24) is 4.72 Å². The number of hydrogen-bond acceptors (Lipinski definition) is 3. The lowest BCUT2D eigenvalue weighted by atomic mass is 10.3. The number of rotatable bonds is 6. The quantitative estimate of drug-likeness (QED) is 0.779. The van der Waals surface area contributed by atoms with E-state index in [1.54, 1.807) is 12.1 Å². The Morgan fingerprint density at radius 2 is 2.00 bits per heavy atom. The van der Waals surface area contributed by atoms with Gasteiger partial charge in [0.2, 0.25) is 10.0 Å². The third-order valence-corrected chi connectivity index (χ3v) is 3.39. The molecule has 1 aromatic carbocycles. The van der Waals surface area contributed by atoms with Gasteiger partial charge < -0.3 is 4.74 Å². The second-order valence-corrected chi connectivity index (χ2v) is 5.12. The van der Waals surface area contributed by atoms with Gasteiger partial charge in [-0.3, -0.25) is 0 Å². The first kappa shape index (κ1) is 13.6. The molecule has 0 saturated heterocycles. The highest BCUT2D eigenvalue weighted by Crippen LogP contribution is 2.15. The smallest absolute Gasteiger partial charge is 0.241 e. The van der Waals surface area contributed by atoms with Gasteiger partial charge in [-0.2, -0.15) is 4.72 Å². The van der Waals surface area contributed by atoms with Crippen LogP contribution in [0.5, 0.6) is 5.75 Å². The maximum atomic E-state index is 11.7. The zero-order valence-electron chi connectivity index (χ0n) is 9.64. The topological polar surface area (TPSA) is 55.4 Å². The predicted molar refractivity (Wildman–Crippen MR) is 66.2 cm³/mol. The lowest BCUT2D eigenvalue weighted by molar-refractivity contribution is 0.317. The fourth-order valence-corrected chi connectivity index (χ4v) is 2.09. The monoisotopic (exact) mass is 253 g/mol. The number of ether oxygens (including phenoxy) is 1. The second-order valence-electron chi connectivity index (χ2n) is 3.35. The van der Waals surface area contributed by atoms with Gasteiger partial charge in [0.1, 0.15) is 5.75 Å². The van der Waals surface area contributed by atoms with Gasteiger partial charge in [0, 0.05) is 0 Å². The van der Waals surface area contributed by atoms with Gasteiger partial charge in [-0.25, -0.2) is 8.42 Å². The van der Waals surface area contributed by atoms with Crippen molar-refractivity contribution in [2.45, 2.75) is 18.2 Å². The number of sulfonamides is 1. The molecule has 0 bridgehead atoms. The SMILES string of the molecule is C#CCNS(=O)(=O)c1ccc(OCCC)cc1. The van der Waals surface area contributed by atoms with Gasteiger partial charge in [0.25, 0.3) is 0 Å². The summed E-state index contributed by atoms with van der Waals surface area (Å²) in [6.07, 6.45) is 5.90. The van der Waals surface area contributed by atoms with E-state index in [9.17, 15) is 8.42 Å². The van der Waals surface area contributed by atoms with Crippen LogP contribution in [0.25, 0.3) is 0 Å². The van der Waals surface area contributed by atoms with Crippen LogP contribution in [0.2, 0.25) is 0 Å². The highest BCUT2D eigenvalue weighted by atomic mass is 32.2. The van der Waals surface area contributed by atoms with Crippen molar-refractivity contribution in [2.24, 2.45) is 0 Å². The van der Waals surface area contributed by atoms with Gasteiger partial charge >= 0.3 is 0 Å². The maximum absolute atomic E-state index is 11.7. The molecule has 5 heteroatoms. The highest BCUT2D eigenvalue weighted by Gasteiger charge is 2.12. The average Bonchev–Trinajstić information content (AvgIpc) is 2.34. The van der Waals surface area contributed by atoms with Crippen molar-refractivity contribution in [3.8, 4) is 18.1 Å². The molecule has 92 valence electrons. The van der Waals surface area contributed by atoms with Crippen molar-refractivity contribution >= 4 is 10.0 Å². The minimum atomic E-state index is -3.51. The van der Waals surface area contributed by atoms with Gasteiger partial charge in [-0.05, 0) is 30.7 Å². The van der Waals surface area contributed by atoms with E-state index in [0.717, 1.165) is 6.42 Å². The molecule has 0 amide bonds. The Labute approximate surface area is 102 Å². The Morgan fingerprint density at radius 3 is 2.53 bits per heavy atom. The minimum absolute atomic E-state index is 0.0174. The Hall–Kier alpha value is -1.51. The number of terminal acetylenes is 1. The zero-order valence-corrected chi connectivity index (χ0v) is 10.5. The third-order valence-electron chi connectivity index (χ3n) is 1.97. The Balaban J connectivity index is 2.77. The van der Waals surface area contributed by atoms with E-state index in [1.165, 1.54) is 12.1 Å². The molecule has 0 aliphatic heterocycles. The molecule has 1 rings (SSSR count). The van der Waals surface area contributed by atoms with Gasteiger partial charge in [-0.15, -0.1) is 6.42 Å². The summed E-state index contributed by atoms with van der Waals surface area (Å²) in [4.78, 5) is 0.177. The van der Waals surface area contributed by atoms with Gasteiger partial charge in [-0.1, -0.05) is 12.8 Å². The van der Waals surface area contributed by atoms with Crippen molar-refractivity contribution in [2.75, 3.05) is 13.2 Å².